The van der Waals surface area contributed by atoms with Crippen LogP contribution in [0, 0.1) is 5.92 Å². The van der Waals surface area contributed by atoms with Gasteiger partial charge in [-0.3, -0.25) is 9.36 Å². The molecule has 4 rings (SSSR count). The summed E-state index contributed by atoms with van der Waals surface area (Å²) in [6.07, 6.45) is 2.17. The molecule has 1 aliphatic carbocycles. The number of nitrogens with zero attached hydrogens (tertiary/aromatic N) is 2. The third kappa shape index (κ3) is 3.16. The Labute approximate surface area is 150 Å². The van der Waals surface area contributed by atoms with E-state index in [9.17, 15) is 9.59 Å². The number of hydrogen-bond donors (Lipinski definition) is 1. The highest BCUT2D eigenvalue weighted by Gasteiger charge is 2.29. The second-order valence-electron chi connectivity index (χ2n) is 7.16. The third-order valence-corrected chi connectivity index (χ3v) is 4.81. The van der Waals surface area contributed by atoms with Crippen molar-refractivity contribution < 1.29 is 13.7 Å². The van der Waals surface area contributed by atoms with E-state index in [1.165, 1.54) is 0 Å². The Hall–Kier alpha value is -2.83. The first-order valence-corrected chi connectivity index (χ1v) is 8.89. The Kier molecular flexibility index (Phi) is 4.14. The number of hydrogen-bond acceptors (Lipinski definition) is 5. The van der Waals surface area contributed by atoms with Gasteiger partial charge in [0, 0.05) is 24.6 Å². The van der Waals surface area contributed by atoms with Crippen molar-refractivity contribution in [1.29, 1.82) is 0 Å². The van der Waals surface area contributed by atoms with Gasteiger partial charge in [0.05, 0.1) is 5.52 Å². The molecule has 136 valence electrons. The van der Waals surface area contributed by atoms with Crippen LogP contribution in [0.25, 0.3) is 11.1 Å². The summed E-state index contributed by atoms with van der Waals surface area (Å²) in [5.74, 6) is 0.576. The molecule has 2 heterocycles. The van der Waals surface area contributed by atoms with Gasteiger partial charge in [-0.1, -0.05) is 31.1 Å². The fourth-order valence-electron chi connectivity index (χ4n) is 3.01. The Bertz CT molecular complexity index is 994. The molecule has 0 spiro atoms. The quantitative estimate of drug-likeness (QED) is 0.734. The topological polar surface area (TPSA) is 90.3 Å². The third-order valence-electron chi connectivity index (χ3n) is 4.81. The largest absolute Gasteiger partial charge is 0.420 e. The zero-order chi connectivity index (χ0) is 18.3. The second kappa shape index (κ2) is 6.48. The van der Waals surface area contributed by atoms with Crippen LogP contribution in [-0.4, -0.2) is 21.7 Å². The van der Waals surface area contributed by atoms with Gasteiger partial charge in [0.25, 0.3) is 5.91 Å². The molecule has 1 aliphatic rings. The first-order valence-electron chi connectivity index (χ1n) is 8.89. The molecule has 0 radical (unpaired) electrons. The molecule has 0 aliphatic heterocycles. The summed E-state index contributed by atoms with van der Waals surface area (Å²) in [6, 6.07) is 8.72. The van der Waals surface area contributed by atoms with Gasteiger partial charge in [-0.05, 0) is 30.9 Å². The van der Waals surface area contributed by atoms with Gasteiger partial charge in [-0.25, -0.2) is 4.79 Å². The number of benzene rings is 1. The summed E-state index contributed by atoms with van der Waals surface area (Å²) in [7, 11) is 0. The predicted molar refractivity (Wildman–Crippen MR) is 95.0 cm³/mol. The average Bonchev–Trinajstić information content (AvgIpc) is 3.26. The van der Waals surface area contributed by atoms with E-state index in [1.807, 2.05) is 32.0 Å². The molecule has 1 aromatic carbocycles. The van der Waals surface area contributed by atoms with Crippen LogP contribution in [0.4, 0.5) is 0 Å². The SMILES string of the molecule is CC(C)[C@H](Cn1c(=O)oc2ccccc21)NC(=O)c1cc(C2CC2)on1. The molecule has 2 aromatic heterocycles. The maximum atomic E-state index is 12.5. The Morgan fingerprint density at radius 3 is 2.85 bits per heavy atom. The molecule has 1 N–H and O–H groups in total. The van der Waals surface area contributed by atoms with E-state index in [0.29, 0.717) is 18.0 Å². The van der Waals surface area contributed by atoms with Crippen LogP contribution in [-0.2, 0) is 6.54 Å². The standard InChI is InChI=1S/C19H21N3O4/c1-11(2)14(10-22-15-5-3-4-6-16(15)25-19(22)24)20-18(23)13-9-17(26-21-13)12-7-8-12/h3-6,9,11-12,14H,7-8,10H2,1-2H3,(H,20,23)/t14-/m0/s1. The van der Waals surface area contributed by atoms with Crippen LogP contribution in [0.1, 0.15) is 48.9 Å². The van der Waals surface area contributed by atoms with Gasteiger partial charge in [0.2, 0.25) is 0 Å². The lowest BCUT2D eigenvalue weighted by Crippen LogP contribution is -2.43. The van der Waals surface area contributed by atoms with Crippen molar-refractivity contribution in [2.75, 3.05) is 0 Å². The van der Waals surface area contributed by atoms with E-state index in [1.54, 1.807) is 16.7 Å². The first-order chi connectivity index (χ1) is 12.5. The fourth-order valence-corrected chi connectivity index (χ4v) is 3.01. The second-order valence-corrected chi connectivity index (χ2v) is 7.16. The summed E-state index contributed by atoms with van der Waals surface area (Å²) >= 11 is 0. The molecule has 7 heteroatoms. The van der Waals surface area contributed by atoms with Crippen molar-refractivity contribution in [2.45, 2.75) is 45.2 Å². The minimum absolute atomic E-state index is 0.120. The number of aromatic nitrogens is 2. The summed E-state index contributed by atoms with van der Waals surface area (Å²) < 4.78 is 12.1. The number of carbonyl (C=O) groups excluding carboxylic acids is 1. The van der Waals surface area contributed by atoms with Crippen molar-refractivity contribution in [3.63, 3.8) is 0 Å². The van der Waals surface area contributed by atoms with Crippen molar-refractivity contribution in [1.82, 2.24) is 15.0 Å². The maximum Gasteiger partial charge on any atom is 0.420 e. The van der Waals surface area contributed by atoms with Crippen molar-refractivity contribution >= 4 is 17.0 Å². The molecule has 0 saturated heterocycles. The highest BCUT2D eigenvalue weighted by molar-refractivity contribution is 5.92. The van der Waals surface area contributed by atoms with E-state index in [0.717, 1.165) is 24.1 Å². The van der Waals surface area contributed by atoms with Crippen LogP contribution < -0.4 is 11.1 Å². The normalized spacial score (nSPS) is 15.5. The Morgan fingerprint density at radius 1 is 1.35 bits per heavy atom. The molecule has 7 nitrogen and oxygen atoms in total. The van der Waals surface area contributed by atoms with Crippen molar-refractivity contribution in [2.24, 2.45) is 5.92 Å². The van der Waals surface area contributed by atoms with Gasteiger partial charge < -0.3 is 14.3 Å². The number of oxazole rings is 1. The van der Waals surface area contributed by atoms with Crippen molar-refractivity contribution in [3.8, 4) is 0 Å². The molecule has 1 amide bonds. The lowest BCUT2D eigenvalue weighted by molar-refractivity contribution is 0.0910. The molecule has 1 atom stereocenters. The predicted octanol–water partition coefficient (Wildman–Crippen LogP) is 2.91. The Balaban J connectivity index is 1.54. The molecule has 0 bridgehead atoms. The van der Waals surface area contributed by atoms with E-state index in [4.69, 9.17) is 8.94 Å². The Morgan fingerprint density at radius 2 is 2.12 bits per heavy atom. The van der Waals surface area contributed by atoms with Gasteiger partial charge >= 0.3 is 5.76 Å². The van der Waals surface area contributed by atoms with Gasteiger partial charge in [-0.2, -0.15) is 0 Å². The summed E-state index contributed by atoms with van der Waals surface area (Å²) in [5.41, 5.74) is 1.54. The van der Waals surface area contributed by atoms with Gasteiger partial charge in [-0.15, -0.1) is 0 Å². The number of para-hydroxylation sites is 2. The van der Waals surface area contributed by atoms with Crippen LogP contribution in [0.15, 0.2) is 44.1 Å². The highest BCUT2D eigenvalue weighted by Crippen LogP contribution is 2.40. The number of nitrogens with one attached hydrogen (secondary N) is 1. The summed E-state index contributed by atoms with van der Waals surface area (Å²) in [5, 5.41) is 6.85. The number of carbonyl (C=O) groups is 1. The molecular weight excluding hydrogens is 334 g/mol. The lowest BCUT2D eigenvalue weighted by Gasteiger charge is -2.22. The van der Waals surface area contributed by atoms with Crippen LogP contribution in [0.2, 0.25) is 0 Å². The molecule has 1 fully saturated rings. The molecule has 3 aromatic rings. The highest BCUT2D eigenvalue weighted by atomic mass is 16.5. The van der Waals surface area contributed by atoms with Crippen LogP contribution in [0.3, 0.4) is 0 Å². The molecular formula is C19H21N3O4. The maximum absolute atomic E-state index is 12.5. The van der Waals surface area contributed by atoms with E-state index in [2.05, 4.69) is 10.5 Å². The first kappa shape index (κ1) is 16.6. The zero-order valence-electron chi connectivity index (χ0n) is 14.8. The van der Waals surface area contributed by atoms with E-state index >= 15 is 0 Å². The smallest absolute Gasteiger partial charge is 0.408 e. The van der Waals surface area contributed by atoms with Crippen molar-refractivity contribution in [3.05, 3.63) is 52.3 Å². The molecule has 26 heavy (non-hydrogen) atoms. The van der Waals surface area contributed by atoms with Gasteiger partial charge in [0.1, 0.15) is 5.76 Å². The van der Waals surface area contributed by atoms with Crippen LogP contribution >= 0.6 is 0 Å². The number of amides is 1. The fraction of sp³-hybridized carbons (Fsp3) is 0.421. The zero-order valence-corrected chi connectivity index (χ0v) is 14.8. The minimum Gasteiger partial charge on any atom is -0.408 e. The monoisotopic (exact) mass is 355 g/mol. The summed E-state index contributed by atoms with van der Waals surface area (Å²) in [6.45, 7) is 4.32. The minimum atomic E-state index is -0.427. The summed E-state index contributed by atoms with van der Waals surface area (Å²) in [4.78, 5) is 24.7. The average molecular weight is 355 g/mol. The lowest BCUT2D eigenvalue weighted by atomic mass is 10.0. The van der Waals surface area contributed by atoms with Gasteiger partial charge in [0.15, 0.2) is 11.3 Å². The van der Waals surface area contributed by atoms with E-state index in [-0.39, 0.29) is 23.6 Å². The van der Waals surface area contributed by atoms with Crippen LogP contribution in [0.5, 0.6) is 0 Å². The molecule has 0 unspecified atom stereocenters. The number of rotatable bonds is 6. The number of fused-ring (bicyclic) bond motifs is 1. The molecule has 1 saturated carbocycles. The van der Waals surface area contributed by atoms with E-state index < -0.39 is 5.76 Å².